The Labute approximate surface area is 223 Å². The summed E-state index contributed by atoms with van der Waals surface area (Å²) in [7, 11) is 3.29. The molecule has 1 aromatic rings. The molecular weight excluding hydrogens is 471 g/mol. The SMILES string of the molecule is C/C=C\C(=C/NC)C(=O)O.C=C/C=C(C)\C(F)=C/C.CC.CCc1cc(OC(C)C)cc(C(=O)NC)c1. The smallest absolute Gasteiger partial charge is 0.337 e. The zero-order valence-corrected chi connectivity index (χ0v) is 24.2. The molecule has 0 saturated carbocycles. The van der Waals surface area contributed by atoms with Gasteiger partial charge >= 0.3 is 5.97 Å². The largest absolute Gasteiger partial charge is 0.491 e. The molecule has 0 radical (unpaired) electrons. The number of benzene rings is 1. The molecule has 0 aromatic heterocycles. The van der Waals surface area contributed by atoms with E-state index in [1.807, 2.05) is 39.8 Å². The normalized spacial score (nSPS) is 11.2. The number of rotatable bonds is 9. The number of carbonyl (C=O) groups excluding carboxylic acids is 1. The van der Waals surface area contributed by atoms with Crippen LogP contribution in [-0.2, 0) is 11.2 Å². The maximum Gasteiger partial charge on any atom is 0.337 e. The second-order valence-electron chi connectivity index (χ2n) is 7.38. The van der Waals surface area contributed by atoms with Gasteiger partial charge in [0.15, 0.2) is 0 Å². The van der Waals surface area contributed by atoms with Gasteiger partial charge in [-0.3, -0.25) is 4.79 Å². The van der Waals surface area contributed by atoms with E-state index in [2.05, 4.69) is 24.1 Å². The molecule has 0 bridgehead atoms. The van der Waals surface area contributed by atoms with Crippen molar-refractivity contribution in [3.05, 3.63) is 89.5 Å². The second-order valence-corrected chi connectivity index (χ2v) is 7.38. The fourth-order valence-corrected chi connectivity index (χ4v) is 2.48. The Morgan fingerprint density at radius 3 is 2.14 bits per heavy atom. The summed E-state index contributed by atoms with van der Waals surface area (Å²) < 4.78 is 18.1. The van der Waals surface area contributed by atoms with Crippen LogP contribution in [0.5, 0.6) is 5.75 Å². The number of carboxylic acids is 1. The summed E-state index contributed by atoms with van der Waals surface area (Å²) in [6.07, 6.45) is 10.3. The van der Waals surface area contributed by atoms with Crippen LogP contribution in [0, 0.1) is 0 Å². The number of allylic oxidation sites excluding steroid dienone is 6. The highest BCUT2D eigenvalue weighted by atomic mass is 19.1. The number of carbonyl (C=O) groups is 2. The third kappa shape index (κ3) is 19.3. The number of halogens is 1. The van der Waals surface area contributed by atoms with E-state index in [0.717, 1.165) is 17.7 Å². The molecule has 0 unspecified atom stereocenters. The molecule has 3 N–H and O–H groups in total. The van der Waals surface area contributed by atoms with Crippen LogP contribution in [0.25, 0.3) is 0 Å². The molecule has 1 rings (SSSR count). The van der Waals surface area contributed by atoms with Crippen molar-refractivity contribution in [3.63, 3.8) is 0 Å². The number of ether oxygens (including phenoxy) is 1. The molecule has 37 heavy (non-hydrogen) atoms. The van der Waals surface area contributed by atoms with Gasteiger partial charge in [-0.15, -0.1) is 0 Å². The van der Waals surface area contributed by atoms with Gasteiger partial charge in [0.25, 0.3) is 5.91 Å². The highest BCUT2D eigenvalue weighted by molar-refractivity contribution is 5.94. The van der Waals surface area contributed by atoms with Gasteiger partial charge in [0.2, 0.25) is 0 Å². The molecule has 1 amide bonds. The minimum absolute atomic E-state index is 0.0797. The van der Waals surface area contributed by atoms with Gasteiger partial charge in [-0.2, -0.15) is 0 Å². The van der Waals surface area contributed by atoms with Crippen molar-refractivity contribution >= 4 is 11.9 Å². The lowest BCUT2D eigenvalue weighted by molar-refractivity contribution is -0.132. The molecule has 0 fully saturated rings. The lowest BCUT2D eigenvalue weighted by atomic mass is 10.1. The summed E-state index contributed by atoms with van der Waals surface area (Å²) in [4.78, 5) is 21.9. The van der Waals surface area contributed by atoms with Gasteiger partial charge in [0.05, 0.1) is 11.7 Å². The summed E-state index contributed by atoms with van der Waals surface area (Å²) in [5.74, 6) is -0.431. The lowest BCUT2D eigenvalue weighted by Gasteiger charge is -2.12. The minimum Gasteiger partial charge on any atom is -0.491 e. The fraction of sp³-hybridized carbons (Fsp3) is 0.400. The van der Waals surface area contributed by atoms with Crippen LogP contribution in [-0.4, -0.2) is 37.2 Å². The highest BCUT2D eigenvalue weighted by Gasteiger charge is 2.08. The van der Waals surface area contributed by atoms with E-state index in [9.17, 15) is 14.0 Å². The Morgan fingerprint density at radius 2 is 1.76 bits per heavy atom. The molecule has 0 aliphatic rings. The van der Waals surface area contributed by atoms with E-state index in [1.54, 1.807) is 59.2 Å². The first-order valence-electron chi connectivity index (χ1n) is 12.4. The van der Waals surface area contributed by atoms with Gasteiger partial charge in [0, 0.05) is 25.9 Å². The van der Waals surface area contributed by atoms with Crippen LogP contribution < -0.4 is 15.4 Å². The second kappa shape index (κ2) is 24.1. The summed E-state index contributed by atoms with van der Waals surface area (Å²) in [5, 5.41) is 13.7. The van der Waals surface area contributed by atoms with Gasteiger partial charge in [-0.1, -0.05) is 57.7 Å². The van der Waals surface area contributed by atoms with Gasteiger partial charge in [-0.05, 0) is 70.4 Å². The summed E-state index contributed by atoms with van der Waals surface area (Å²) in [6.45, 7) is 18.6. The molecule has 7 heteroatoms. The monoisotopic (exact) mass is 518 g/mol. The molecule has 208 valence electrons. The van der Waals surface area contributed by atoms with E-state index < -0.39 is 5.97 Å². The number of aryl methyl sites for hydroxylation is 1. The van der Waals surface area contributed by atoms with Crippen LogP contribution in [0.2, 0.25) is 0 Å². The van der Waals surface area contributed by atoms with E-state index in [-0.39, 0.29) is 23.4 Å². The average molecular weight is 519 g/mol. The van der Waals surface area contributed by atoms with E-state index >= 15 is 0 Å². The Balaban J connectivity index is -0.000000479. The van der Waals surface area contributed by atoms with Crippen molar-refractivity contribution in [2.24, 2.45) is 0 Å². The molecule has 0 aliphatic heterocycles. The molecular formula is C30H47FN2O4. The van der Waals surface area contributed by atoms with Crippen molar-refractivity contribution in [1.29, 1.82) is 0 Å². The minimum atomic E-state index is -0.924. The topological polar surface area (TPSA) is 87.7 Å². The molecule has 0 spiro atoms. The van der Waals surface area contributed by atoms with Crippen molar-refractivity contribution in [1.82, 2.24) is 10.6 Å². The standard InChI is InChI=1S/C13H19NO2.C8H11F.C7H11NO2.C2H6/c1-5-10-6-11(13(15)14-4)8-12(7-10)16-9(2)3;1-4-6-7(3)8(9)5-2;1-3-4-6(5-8-2)7(9)10;1-2/h6-9H,5H2,1-4H3,(H,14,15);4-6H,1H2,2-3H3;3-5,8H,1-2H3,(H,9,10);1-2H3/b;7-6-,8-5+;4-3-,6-5+;. The molecule has 6 nitrogen and oxygen atoms in total. The third-order valence-electron chi connectivity index (χ3n) is 4.13. The van der Waals surface area contributed by atoms with Crippen LogP contribution in [0.1, 0.15) is 71.3 Å². The maximum absolute atomic E-state index is 12.5. The maximum atomic E-state index is 12.5. The average Bonchev–Trinajstić information content (AvgIpc) is 2.88. The number of nitrogens with one attached hydrogen (secondary N) is 2. The molecule has 0 aliphatic carbocycles. The first-order valence-corrected chi connectivity index (χ1v) is 12.4. The van der Waals surface area contributed by atoms with Crippen LogP contribution in [0.4, 0.5) is 4.39 Å². The van der Waals surface area contributed by atoms with Crippen molar-refractivity contribution in [2.45, 2.75) is 67.9 Å². The Bertz CT molecular complexity index is 930. The molecule has 0 atom stereocenters. The number of carboxylic acid groups (broad SMARTS) is 1. The van der Waals surface area contributed by atoms with E-state index in [1.165, 1.54) is 18.4 Å². The van der Waals surface area contributed by atoms with Crippen molar-refractivity contribution in [2.75, 3.05) is 14.1 Å². The number of aliphatic carboxylic acids is 1. The Hall–Kier alpha value is -3.61. The van der Waals surface area contributed by atoms with E-state index in [4.69, 9.17) is 9.84 Å². The third-order valence-corrected chi connectivity index (χ3v) is 4.13. The summed E-state index contributed by atoms with van der Waals surface area (Å²) >= 11 is 0. The Kier molecular flexibility index (Phi) is 24.7. The van der Waals surface area contributed by atoms with Gasteiger partial charge in [-0.25, -0.2) is 9.18 Å². The first kappa shape index (κ1) is 37.9. The summed E-state index contributed by atoms with van der Waals surface area (Å²) in [5.41, 5.74) is 2.63. The summed E-state index contributed by atoms with van der Waals surface area (Å²) in [6, 6.07) is 5.65. The fourth-order valence-electron chi connectivity index (χ4n) is 2.48. The van der Waals surface area contributed by atoms with Crippen molar-refractivity contribution < 1.29 is 23.8 Å². The van der Waals surface area contributed by atoms with E-state index in [0.29, 0.717) is 11.1 Å². The molecule has 0 saturated heterocycles. The zero-order valence-electron chi connectivity index (χ0n) is 24.2. The number of amides is 1. The van der Waals surface area contributed by atoms with Crippen LogP contribution in [0.15, 0.2) is 78.3 Å². The van der Waals surface area contributed by atoms with Crippen LogP contribution >= 0.6 is 0 Å². The first-order chi connectivity index (χ1) is 17.5. The molecule has 0 heterocycles. The zero-order chi connectivity index (χ0) is 29.4. The Morgan fingerprint density at radius 1 is 1.16 bits per heavy atom. The highest BCUT2D eigenvalue weighted by Crippen LogP contribution is 2.19. The molecule has 1 aromatic carbocycles. The predicted octanol–water partition coefficient (Wildman–Crippen LogP) is 7.16. The quantitative estimate of drug-likeness (QED) is 0.238. The lowest BCUT2D eigenvalue weighted by Crippen LogP contribution is -2.18. The number of hydrogen-bond donors (Lipinski definition) is 3. The van der Waals surface area contributed by atoms with Crippen molar-refractivity contribution in [3.8, 4) is 5.75 Å². The van der Waals surface area contributed by atoms with Crippen LogP contribution in [0.3, 0.4) is 0 Å². The predicted molar refractivity (Wildman–Crippen MR) is 155 cm³/mol. The van der Waals surface area contributed by atoms with Gasteiger partial charge < -0.3 is 20.5 Å². The number of hydrogen-bond acceptors (Lipinski definition) is 4. The van der Waals surface area contributed by atoms with Gasteiger partial charge in [0.1, 0.15) is 11.6 Å².